The second kappa shape index (κ2) is 3.56. The van der Waals surface area contributed by atoms with Gasteiger partial charge >= 0.3 is 0 Å². The Balaban J connectivity index is 2.60. The van der Waals surface area contributed by atoms with Crippen LogP contribution in [0.1, 0.15) is 36.9 Å². The summed E-state index contributed by atoms with van der Waals surface area (Å²) in [5.41, 5.74) is 1.44. The van der Waals surface area contributed by atoms with Crippen LogP contribution in [0.15, 0.2) is 12.1 Å². The number of rotatable bonds is 1. The van der Waals surface area contributed by atoms with E-state index in [2.05, 4.69) is 12.2 Å². The smallest absolute Gasteiger partial charge is 0.162 e. The molecule has 3 heteroatoms. The van der Waals surface area contributed by atoms with Gasteiger partial charge in [0.25, 0.3) is 0 Å². The van der Waals surface area contributed by atoms with E-state index in [0.717, 1.165) is 5.56 Å². The summed E-state index contributed by atoms with van der Waals surface area (Å²) >= 11 is 0. The summed E-state index contributed by atoms with van der Waals surface area (Å²) in [6, 6.07) is 3.03. The molecular formula is C12H15F2N. The first-order valence-corrected chi connectivity index (χ1v) is 5.23. The van der Waals surface area contributed by atoms with Crippen molar-refractivity contribution < 1.29 is 8.78 Å². The van der Waals surface area contributed by atoms with E-state index < -0.39 is 11.6 Å². The van der Waals surface area contributed by atoms with Gasteiger partial charge in [0.1, 0.15) is 0 Å². The van der Waals surface area contributed by atoms with Crippen LogP contribution in [0.3, 0.4) is 0 Å². The van der Waals surface area contributed by atoms with Crippen molar-refractivity contribution in [3.05, 3.63) is 34.9 Å². The van der Waals surface area contributed by atoms with Crippen molar-refractivity contribution >= 4 is 0 Å². The third kappa shape index (κ3) is 1.37. The van der Waals surface area contributed by atoms with E-state index in [1.165, 1.54) is 6.07 Å². The van der Waals surface area contributed by atoms with Crippen LogP contribution < -0.4 is 5.32 Å². The third-order valence-electron chi connectivity index (χ3n) is 3.58. The van der Waals surface area contributed by atoms with E-state index in [1.807, 2.05) is 14.0 Å². The predicted molar refractivity (Wildman–Crippen MR) is 55.7 cm³/mol. The topological polar surface area (TPSA) is 12.0 Å². The van der Waals surface area contributed by atoms with E-state index in [-0.39, 0.29) is 12.0 Å². The molecule has 0 heterocycles. The Labute approximate surface area is 88.5 Å². The molecule has 0 aliphatic heterocycles. The van der Waals surface area contributed by atoms with Gasteiger partial charge in [-0.1, -0.05) is 19.9 Å². The molecule has 1 aromatic rings. The maximum absolute atomic E-state index is 13.6. The largest absolute Gasteiger partial charge is 0.313 e. The molecule has 82 valence electrons. The van der Waals surface area contributed by atoms with Gasteiger partial charge in [-0.05, 0) is 36.1 Å². The fourth-order valence-corrected chi connectivity index (χ4v) is 2.57. The van der Waals surface area contributed by atoms with Crippen LogP contribution in [0.25, 0.3) is 0 Å². The fraction of sp³-hybridized carbons (Fsp3) is 0.500. The van der Waals surface area contributed by atoms with Gasteiger partial charge in [0.15, 0.2) is 11.6 Å². The van der Waals surface area contributed by atoms with Gasteiger partial charge in [0.2, 0.25) is 0 Å². The Kier molecular flexibility index (Phi) is 2.51. The summed E-state index contributed by atoms with van der Waals surface area (Å²) < 4.78 is 26.7. The van der Waals surface area contributed by atoms with Crippen molar-refractivity contribution in [1.29, 1.82) is 0 Å². The molecule has 3 atom stereocenters. The van der Waals surface area contributed by atoms with Crippen molar-refractivity contribution in [3.63, 3.8) is 0 Å². The average molecular weight is 211 g/mol. The minimum atomic E-state index is -0.746. The summed E-state index contributed by atoms with van der Waals surface area (Å²) in [6.07, 6.45) is 0. The highest BCUT2D eigenvalue weighted by atomic mass is 19.2. The lowest BCUT2D eigenvalue weighted by molar-refractivity contribution is 0.397. The lowest BCUT2D eigenvalue weighted by atomic mass is 9.94. The molecule has 1 nitrogen and oxygen atoms in total. The highest BCUT2D eigenvalue weighted by Gasteiger charge is 2.37. The highest BCUT2D eigenvalue weighted by Crippen LogP contribution is 2.45. The van der Waals surface area contributed by atoms with Gasteiger partial charge in [0, 0.05) is 6.04 Å². The lowest BCUT2D eigenvalue weighted by Gasteiger charge is -2.17. The molecule has 3 unspecified atom stereocenters. The monoisotopic (exact) mass is 211 g/mol. The molecule has 1 aliphatic carbocycles. The number of hydrogen-bond donors (Lipinski definition) is 1. The number of halogens is 2. The molecule has 0 spiro atoms. The molecule has 0 aromatic heterocycles. The zero-order chi connectivity index (χ0) is 11.2. The van der Waals surface area contributed by atoms with E-state index in [0.29, 0.717) is 11.5 Å². The van der Waals surface area contributed by atoms with Gasteiger partial charge in [-0.3, -0.25) is 0 Å². The standard InChI is InChI=1S/C12H15F2N/c1-6-7(2)12(15-3)8-4-5-9(13)11(14)10(6)8/h4-7,12,15H,1-3H3. The Morgan fingerprint density at radius 2 is 1.87 bits per heavy atom. The molecule has 1 aliphatic rings. The first-order chi connectivity index (χ1) is 7.07. The van der Waals surface area contributed by atoms with Gasteiger partial charge in [0.05, 0.1) is 0 Å². The Morgan fingerprint density at radius 3 is 2.47 bits per heavy atom. The Morgan fingerprint density at radius 1 is 1.20 bits per heavy atom. The lowest BCUT2D eigenvalue weighted by Crippen LogP contribution is -2.20. The minimum Gasteiger partial charge on any atom is -0.313 e. The van der Waals surface area contributed by atoms with Crippen LogP contribution in [0.2, 0.25) is 0 Å². The zero-order valence-electron chi connectivity index (χ0n) is 9.14. The quantitative estimate of drug-likeness (QED) is 0.753. The molecule has 0 radical (unpaired) electrons. The molecule has 2 rings (SSSR count). The summed E-state index contributed by atoms with van der Waals surface area (Å²) in [5, 5.41) is 3.16. The average Bonchev–Trinajstić information content (AvgIpc) is 2.46. The maximum atomic E-state index is 13.6. The summed E-state index contributed by atoms with van der Waals surface area (Å²) in [6.45, 7) is 4.01. The zero-order valence-corrected chi connectivity index (χ0v) is 9.14. The van der Waals surface area contributed by atoms with Crippen molar-refractivity contribution in [3.8, 4) is 0 Å². The van der Waals surface area contributed by atoms with Crippen LogP contribution in [-0.4, -0.2) is 7.05 Å². The molecule has 0 saturated carbocycles. The van der Waals surface area contributed by atoms with Gasteiger partial charge < -0.3 is 5.32 Å². The third-order valence-corrected chi connectivity index (χ3v) is 3.58. The van der Waals surface area contributed by atoms with E-state index in [4.69, 9.17) is 0 Å². The van der Waals surface area contributed by atoms with Crippen LogP contribution in [0, 0.1) is 17.6 Å². The van der Waals surface area contributed by atoms with Crippen LogP contribution in [-0.2, 0) is 0 Å². The molecule has 0 bridgehead atoms. The molecular weight excluding hydrogens is 196 g/mol. The van der Waals surface area contributed by atoms with Crippen LogP contribution in [0.4, 0.5) is 8.78 Å². The van der Waals surface area contributed by atoms with Gasteiger partial charge in [-0.25, -0.2) is 8.78 Å². The predicted octanol–water partition coefficient (Wildman–Crippen LogP) is 2.98. The SMILES string of the molecule is CNC1c2ccc(F)c(F)c2C(C)C1C. The van der Waals surface area contributed by atoms with Gasteiger partial charge in [-0.15, -0.1) is 0 Å². The first kappa shape index (κ1) is 10.6. The molecule has 0 amide bonds. The first-order valence-electron chi connectivity index (χ1n) is 5.23. The number of nitrogens with one attached hydrogen (secondary N) is 1. The van der Waals surface area contributed by atoms with Gasteiger partial charge in [-0.2, -0.15) is 0 Å². The van der Waals surface area contributed by atoms with Crippen molar-refractivity contribution in [2.24, 2.45) is 5.92 Å². The summed E-state index contributed by atoms with van der Waals surface area (Å²) in [5.74, 6) is -1.07. The number of hydrogen-bond acceptors (Lipinski definition) is 1. The minimum absolute atomic E-state index is 0.0631. The summed E-state index contributed by atoms with van der Waals surface area (Å²) in [7, 11) is 1.85. The molecule has 1 aromatic carbocycles. The van der Waals surface area contributed by atoms with Crippen LogP contribution >= 0.6 is 0 Å². The van der Waals surface area contributed by atoms with E-state index in [1.54, 1.807) is 6.07 Å². The highest BCUT2D eigenvalue weighted by molar-refractivity contribution is 5.40. The van der Waals surface area contributed by atoms with E-state index >= 15 is 0 Å². The Bertz CT molecular complexity index is 389. The maximum Gasteiger partial charge on any atom is 0.162 e. The number of fused-ring (bicyclic) bond motifs is 1. The Hall–Kier alpha value is -0.960. The molecule has 15 heavy (non-hydrogen) atoms. The second-order valence-corrected chi connectivity index (χ2v) is 4.28. The second-order valence-electron chi connectivity index (χ2n) is 4.28. The van der Waals surface area contributed by atoms with Crippen LogP contribution in [0.5, 0.6) is 0 Å². The summed E-state index contributed by atoms with van der Waals surface area (Å²) in [4.78, 5) is 0. The van der Waals surface area contributed by atoms with E-state index in [9.17, 15) is 8.78 Å². The fourth-order valence-electron chi connectivity index (χ4n) is 2.57. The normalized spacial score (nSPS) is 29.3. The van der Waals surface area contributed by atoms with Crippen molar-refractivity contribution in [2.75, 3.05) is 7.05 Å². The van der Waals surface area contributed by atoms with Crippen molar-refractivity contribution in [2.45, 2.75) is 25.8 Å². The molecule has 0 saturated heterocycles. The number of benzene rings is 1. The molecule has 1 N–H and O–H groups in total. The van der Waals surface area contributed by atoms with Crippen molar-refractivity contribution in [1.82, 2.24) is 5.32 Å². The molecule has 0 fully saturated rings.